The molecule has 0 fully saturated rings. The van der Waals surface area contributed by atoms with E-state index < -0.39 is 5.97 Å². The van der Waals surface area contributed by atoms with Crippen LogP contribution in [-0.4, -0.2) is 5.97 Å². The molecule has 2 nitrogen and oxygen atoms in total. The monoisotopic (exact) mass is 108 g/mol. The van der Waals surface area contributed by atoms with Gasteiger partial charge in [-0.3, -0.25) is 0 Å². The molecular weight excluding hydrogens is 103 g/mol. The summed E-state index contributed by atoms with van der Waals surface area (Å²) in [5.74, 6) is -1.13. The molecule has 1 aromatic carbocycles. The Balaban J connectivity index is 2.98. The predicted molar refractivity (Wildman–Crippen MR) is 31.5 cm³/mol. The lowest BCUT2D eigenvalue weighted by Crippen LogP contribution is -1.91. The standard InChI is InChI=1S/C7H5O2/c8-7(9)6-4-2-1-3-5-6/h1-5H/i8-13. The maximum absolute atomic E-state index is 10.1. The fraction of sp³-hybridized carbons (Fsp3) is 0. The van der Waals surface area contributed by atoms with E-state index in [-0.39, 0.29) is 5.56 Å². The van der Waals surface area contributed by atoms with E-state index in [1.807, 2.05) is 0 Å². The van der Waals surface area contributed by atoms with E-state index >= 15 is 0 Å². The predicted octanol–water partition coefficient (Wildman–Crippen LogP) is 1.26. The van der Waals surface area contributed by atoms with Crippen LogP contribution in [0.5, 0.6) is 0 Å². The van der Waals surface area contributed by atoms with Gasteiger partial charge in [-0.25, -0.2) is 9.90 Å². The second kappa shape index (κ2) is 2.31. The molecule has 0 saturated heterocycles. The van der Waals surface area contributed by atoms with Crippen molar-refractivity contribution >= 4 is 5.97 Å². The van der Waals surface area contributed by atoms with Gasteiger partial charge < -0.3 is 0 Å². The molecule has 9 heavy (non-hydrogen) atoms. The van der Waals surface area contributed by atoms with Gasteiger partial charge in [0, 0.05) is 0 Å². The van der Waals surface area contributed by atoms with Gasteiger partial charge in [-0.1, -0.05) is 18.2 Å². The van der Waals surface area contributed by atoms with Crippen molar-refractivity contribution in [2.24, 2.45) is 0 Å². The van der Waals surface area contributed by atoms with Crippen molar-refractivity contribution in [2.75, 3.05) is 0 Å². The summed E-state index contributed by atoms with van der Waals surface area (Å²) < 4.78 is 0. The van der Waals surface area contributed by atoms with E-state index in [1.165, 1.54) is 12.1 Å². The molecule has 0 aliphatic carbocycles. The van der Waals surface area contributed by atoms with Gasteiger partial charge in [0.15, 0.2) is 0 Å². The molecule has 0 unspecified atom stereocenters. The molecule has 0 atom stereocenters. The largest absolute Gasteiger partial charge is 0.386 e. The summed E-state index contributed by atoms with van der Waals surface area (Å²) in [5.41, 5.74) is 0.220. The highest BCUT2D eigenvalue weighted by Gasteiger charge is 1.99. The van der Waals surface area contributed by atoms with E-state index in [2.05, 4.69) is 0 Å². The van der Waals surface area contributed by atoms with Crippen molar-refractivity contribution in [3.8, 4) is 0 Å². The number of carbonyl (C=O) groups excluding carboxylic acids is 1. The molecule has 0 aliphatic heterocycles. The van der Waals surface area contributed by atoms with Crippen molar-refractivity contribution < 1.29 is 9.90 Å². The second-order valence-electron chi connectivity index (χ2n) is 1.65. The van der Waals surface area contributed by atoms with Crippen LogP contribution in [-0.2, 0) is 5.11 Å². The molecule has 1 radical (unpaired) electrons. The first-order chi connectivity index (χ1) is 4.30. The average molecular weight is 108 g/mol. The molecule has 0 spiro atoms. The number of carbonyl (C=O) groups is 1. The van der Waals surface area contributed by atoms with Gasteiger partial charge in [-0.05, 0) is 12.1 Å². The minimum Gasteiger partial charge on any atom is -0.242 e. The molecule has 45 valence electrons. The van der Waals surface area contributed by atoms with Gasteiger partial charge in [0.1, 0.15) is 0 Å². The third-order valence-corrected chi connectivity index (χ3v) is 1.01. The number of rotatable bonds is 1. The molecule has 0 saturated carbocycles. The molecule has 0 N–H and O–H groups in total. The molecule has 2 heteroatoms. The quantitative estimate of drug-likeness (QED) is 0.533. The van der Waals surface area contributed by atoms with Crippen LogP contribution in [0.1, 0.15) is 10.4 Å². The van der Waals surface area contributed by atoms with Gasteiger partial charge in [0.25, 0.3) is 0 Å². The van der Waals surface area contributed by atoms with Crippen molar-refractivity contribution in [1.82, 2.24) is 0 Å². The molecule has 0 aromatic heterocycles. The van der Waals surface area contributed by atoms with Crippen LogP contribution in [0.4, 0.5) is 0 Å². The lowest BCUT2D eigenvalue weighted by Gasteiger charge is -1.85. The molecule has 1 aromatic rings. The maximum Gasteiger partial charge on any atom is 0.386 e. The second-order valence-corrected chi connectivity index (χ2v) is 1.65. The number of hydrogen-bond acceptors (Lipinski definition) is 1. The molecule has 0 amide bonds. The van der Waals surface area contributed by atoms with Crippen LogP contribution in [0.3, 0.4) is 0 Å². The van der Waals surface area contributed by atoms with Crippen LogP contribution in [0.2, 0.25) is 0 Å². The van der Waals surface area contributed by atoms with E-state index in [9.17, 15) is 9.90 Å². The summed E-state index contributed by atoms with van der Waals surface area (Å²) in [6, 6.07) is 8.06. The van der Waals surface area contributed by atoms with Crippen molar-refractivity contribution in [3.63, 3.8) is 0 Å². The fourth-order valence-electron chi connectivity index (χ4n) is 0.574. The summed E-state index contributed by atoms with van der Waals surface area (Å²) in [6.45, 7) is 0. The van der Waals surface area contributed by atoms with Crippen molar-refractivity contribution in [3.05, 3.63) is 35.9 Å². The zero-order valence-corrected chi connectivity index (χ0v) is 4.70. The highest BCUT2D eigenvalue weighted by atomic mass is 16.1. The Morgan fingerprint density at radius 3 is 2.11 bits per heavy atom. The topological polar surface area (TPSA) is 37.0 Å². The Morgan fingerprint density at radius 1 is 1.22 bits per heavy atom. The highest BCUT2D eigenvalue weighted by molar-refractivity contribution is 5.86. The van der Waals surface area contributed by atoms with Crippen LogP contribution in [0, 0.1) is 0 Å². The van der Waals surface area contributed by atoms with Crippen molar-refractivity contribution in [1.29, 1.82) is 0 Å². The summed E-state index contributed by atoms with van der Waals surface area (Å²) in [4.78, 5) is 10.1. The Kier molecular flexibility index (Phi) is 1.49. The SMILES string of the molecule is O=C([3O])c1ccccc1. The third kappa shape index (κ3) is 1.29. The smallest absolute Gasteiger partial charge is 0.242 e. The Hall–Kier alpha value is -1.31. The third-order valence-electron chi connectivity index (χ3n) is 1.01. The van der Waals surface area contributed by atoms with E-state index in [1.54, 1.807) is 18.2 Å². The number of hydrogen-bond donors (Lipinski definition) is 0. The zero-order valence-electron chi connectivity index (χ0n) is 4.70. The lowest BCUT2D eigenvalue weighted by atomic mass is 2.89. The van der Waals surface area contributed by atoms with Gasteiger partial charge in [0.2, 0.25) is 0 Å². The Labute approximate surface area is 52.8 Å². The Morgan fingerprint density at radius 2 is 1.78 bits per heavy atom. The average Bonchev–Trinajstić information content (AvgIpc) is 1.90. The van der Waals surface area contributed by atoms with Gasteiger partial charge in [-0.15, -0.1) is 0 Å². The molecule has 0 aliphatic rings. The summed E-state index contributed by atoms with van der Waals surface area (Å²) in [7, 11) is 0. The maximum atomic E-state index is 10.1. The molecule has 0 bridgehead atoms. The summed E-state index contributed by atoms with van der Waals surface area (Å²) in [5, 5.41) is 10.1. The first kappa shape index (κ1) is 5.82. The summed E-state index contributed by atoms with van der Waals surface area (Å²) >= 11 is 0. The van der Waals surface area contributed by atoms with E-state index in [0.29, 0.717) is 0 Å². The van der Waals surface area contributed by atoms with Crippen LogP contribution >= 0.6 is 0 Å². The number of benzene rings is 1. The highest BCUT2D eigenvalue weighted by Crippen LogP contribution is 1.96. The van der Waals surface area contributed by atoms with Crippen LogP contribution in [0.15, 0.2) is 30.3 Å². The Bertz CT molecular complexity index is 203. The van der Waals surface area contributed by atoms with Gasteiger partial charge in [-0.2, -0.15) is 0 Å². The lowest BCUT2D eigenvalue weighted by molar-refractivity contribution is 0.0573. The van der Waals surface area contributed by atoms with Gasteiger partial charge in [0.05, 0.1) is 5.56 Å². The van der Waals surface area contributed by atoms with E-state index in [4.69, 9.17) is 0 Å². The minimum atomic E-state index is -1.13. The zero-order chi connectivity index (χ0) is 6.69. The van der Waals surface area contributed by atoms with Crippen LogP contribution < -0.4 is 0 Å². The molecule has 0 heterocycles. The normalized spacial score (nSPS) is 8.89. The van der Waals surface area contributed by atoms with E-state index in [0.717, 1.165) is 0 Å². The van der Waals surface area contributed by atoms with Gasteiger partial charge >= 0.3 is 5.97 Å². The minimum absolute atomic E-state index is 0.220. The molecule has 1 rings (SSSR count). The van der Waals surface area contributed by atoms with Crippen LogP contribution in [0.25, 0.3) is 0 Å². The first-order valence-corrected chi connectivity index (χ1v) is 2.57. The first-order valence-electron chi connectivity index (χ1n) is 2.57. The summed E-state index contributed by atoms with van der Waals surface area (Å²) in [6.07, 6.45) is 0. The molecular formula is C7H5O2. The fourth-order valence-corrected chi connectivity index (χ4v) is 0.574. The van der Waals surface area contributed by atoms with Crippen molar-refractivity contribution in [2.45, 2.75) is 0 Å².